The average molecular weight is 293 g/mol. The van der Waals surface area contributed by atoms with E-state index in [1.165, 1.54) is 30.4 Å². The van der Waals surface area contributed by atoms with Crippen molar-refractivity contribution < 1.29 is 9.18 Å². The first-order chi connectivity index (χ1) is 9.60. The van der Waals surface area contributed by atoms with Crippen molar-refractivity contribution >= 4 is 28.1 Å². The monoisotopic (exact) mass is 293 g/mol. The maximum atomic E-state index is 12.8. The number of hydrogen-bond acceptors (Lipinski definition) is 4. The highest BCUT2D eigenvalue weighted by Gasteiger charge is 2.13. The lowest BCUT2D eigenvalue weighted by atomic mass is 10.3. The SMILES string of the molecule is CCN(C(C)=O)c1nc(CNc2ccc(F)cc2)cs1. The highest BCUT2D eigenvalue weighted by Crippen LogP contribution is 2.21. The number of carbonyl (C=O) groups is 1. The molecule has 2 aromatic rings. The van der Waals surface area contributed by atoms with Crippen LogP contribution < -0.4 is 10.2 Å². The van der Waals surface area contributed by atoms with Gasteiger partial charge >= 0.3 is 0 Å². The van der Waals surface area contributed by atoms with Crippen LogP contribution in [0, 0.1) is 5.82 Å². The summed E-state index contributed by atoms with van der Waals surface area (Å²) in [7, 11) is 0. The molecule has 0 unspecified atom stereocenters. The highest BCUT2D eigenvalue weighted by molar-refractivity contribution is 7.14. The summed E-state index contributed by atoms with van der Waals surface area (Å²) < 4.78 is 12.8. The second-order valence-corrected chi connectivity index (χ2v) is 5.08. The van der Waals surface area contributed by atoms with Crippen LogP contribution in [-0.2, 0) is 11.3 Å². The van der Waals surface area contributed by atoms with Gasteiger partial charge in [-0.2, -0.15) is 0 Å². The largest absolute Gasteiger partial charge is 0.379 e. The fourth-order valence-electron chi connectivity index (χ4n) is 1.75. The van der Waals surface area contributed by atoms with E-state index in [-0.39, 0.29) is 11.7 Å². The van der Waals surface area contributed by atoms with Crippen LogP contribution in [0.4, 0.5) is 15.2 Å². The Hall–Kier alpha value is -1.95. The number of anilines is 2. The van der Waals surface area contributed by atoms with E-state index in [1.54, 1.807) is 17.0 Å². The van der Waals surface area contributed by atoms with Crippen LogP contribution in [0.25, 0.3) is 0 Å². The van der Waals surface area contributed by atoms with Gasteiger partial charge in [0.15, 0.2) is 5.13 Å². The van der Waals surface area contributed by atoms with Gasteiger partial charge in [0.1, 0.15) is 5.82 Å². The van der Waals surface area contributed by atoms with E-state index in [1.807, 2.05) is 12.3 Å². The smallest absolute Gasteiger partial charge is 0.225 e. The highest BCUT2D eigenvalue weighted by atomic mass is 32.1. The zero-order valence-corrected chi connectivity index (χ0v) is 12.2. The van der Waals surface area contributed by atoms with E-state index < -0.39 is 0 Å². The predicted molar refractivity (Wildman–Crippen MR) is 79.5 cm³/mol. The van der Waals surface area contributed by atoms with Crippen molar-refractivity contribution in [1.29, 1.82) is 0 Å². The maximum absolute atomic E-state index is 12.8. The first-order valence-electron chi connectivity index (χ1n) is 6.32. The molecule has 0 radical (unpaired) electrons. The second-order valence-electron chi connectivity index (χ2n) is 4.25. The standard InChI is InChI=1S/C14H16FN3OS/c1-3-18(10(2)19)14-17-13(9-20-14)8-16-12-6-4-11(15)5-7-12/h4-7,9,16H,3,8H2,1-2H3. The normalized spacial score (nSPS) is 10.3. The van der Waals surface area contributed by atoms with Crippen molar-refractivity contribution in [3.05, 3.63) is 41.2 Å². The van der Waals surface area contributed by atoms with E-state index in [2.05, 4.69) is 10.3 Å². The zero-order valence-electron chi connectivity index (χ0n) is 11.4. The Kier molecular flexibility index (Phi) is 4.68. The summed E-state index contributed by atoms with van der Waals surface area (Å²) in [4.78, 5) is 17.5. The molecule has 0 aliphatic heterocycles. The van der Waals surface area contributed by atoms with Crippen molar-refractivity contribution in [2.24, 2.45) is 0 Å². The molecule has 2 rings (SSSR count). The molecule has 0 fully saturated rings. The first-order valence-corrected chi connectivity index (χ1v) is 7.20. The molecule has 0 saturated heterocycles. The molecule has 0 spiro atoms. The zero-order chi connectivity index (χ0) is 14.5. The molecule has 1 aromatic heterocycles. The van der Waals surface area contributed by atoms with Crippen LogP contribution in [0.3, 0.4) is 0 Å². The van der Waals surface area contributed by atoms with E-state index in [4.69, 9.17) is 0 Å². The molecule has 1 heterocycles. The minimum atomic E-state index is -0.258. The van der Waals surface area contributed by atoms with Crippen LogP contribution in [0.5, 0.6) is 0 Å². The summed E-state index contributed by atoms with van der Waals surface area (Å²) in [5, 5.41) is 5.78. The summed E-state index contributed by atoms with van der Waals surface area (Å²) in [6, 6.07) is 6.17. The van der Waals surface area contributed by atoms with Crippen LogP contribution in [0.15, 0.2) is 29.6 Å². The topological polar surface area (TPSA) is 45.2 Å². The molecular formula is C14H16FN3OS. The van der Waals surface area contributed by atoms with Crippen LogP contribution in [-0.4, -0.2) is 17.4 Å². The van der Waals surface area contributed by atoms with E-state index >= 15 is 0 Å². The van der Waals surface area contributed by atoms with Crippen molar-refractivity contribution in [2.75, 3.05) is 16.8 Å². The van der Waals surface area contributed by atoms with Gasteiger partial charge in [0.05, 0.1) is 12.2 Å². The summed E-state index contributed by atoms with van der Waals surface area (Å²) in [5.41, 5.74) is 1.69. The predicted octanol–water partition coefficient (Wildman–Crippen LogP) is 3.27. The Morgan fingerprint density at radius 3 is 2.70 bits per heavy atom. The second kappa shape index (κ2) is 6.47. The third-order valence-corrected chi connectivity index (χ3v) is 3.70. The van der Waals surface area contributed by atoms with E-state index in [0.717, 1.165) is 11.4 Å². The fraction of sp³-hybridized carbons (Fsp3) is 0.286. The van der Waals surface area contributed by atoms with Crippen LogP contribution in [0.2, 0.25) is 0 Å². The molecule has 4 nitrogen and oxygen atoms in total. The van der Waals surface area contributed by atoms with Crippen molar-refractivity contribution in [2.45, 2.75) is 20.4 Å². The summed E-state index contributed by atoms with van der Waals surface area (Å²) in [6.07, 6.45) is 0. The molecule has 106 valence electrons. The molecule has 20 heavy (non-hydrogen) atoms. The number of halogens is 1. The maximum Gasteiger partial charge on any atom is 0.225 e. The van der Waals surface area contributed by atoms with Crippen LogP contribution in [0.1, 0.15) is 19.5 Å². The third kappa shape index (κ3) is 3.54. The molecule has 0 bridgehead atoms. The first kappa shape index (κ1) is 14.5. The van der Waals surface area contributed by atoms with Gasteiger partial charge in [-0.1, -0.05) is 0 Å². The molecule has 0 saturated carbocycles. The lowest BCUT2D eigenvalue weighted by Gasteiger charge is -2.14. The summed E-state index contributed by atoms with van der Waals surface area (Å²) in [5.74, 6) is -0.272. The molecular weight excluding hydrogens is 277 g/mol. The lowest BCUT2D eigenvalue weighted by Crippen LogP contribution is -2.27. The Labute approximate surface area is 121 Å². The Morgan fingerprint density at radius 1 is 1.40 bits per heavy atom. The molecule has 6 heteroatoms. The Morgan fingerprint density at radius 2 is 2.10 bits per heavy atom. The summed E-state index contributed by atoms with van der Waals surface area (Å²) in [6.45, 7) is 4.59. The quantitative estimate of drug-likeness (QED) is 0.920. The third-order valence-electron chi connectivity index (χ3n) is 2.78. The van der Waals surface area contributed by atoms with Gasteiger partial charge in [0, 0.05) is 24.5 Å². The van der Waals surface area contributed by atoms with Crippen molar-refractivity contribution in [3.63, 3.8) is 0 Å². The molecule has 0 aliphatic carbocycles. The number of nitrogens with zero attached hydrogens (tertiary/aromatic N) is 2. The number of hydrogen-bond donors (Lipinski definition) is 1. The number of rotatable bonds is 5. The van der Waals surface area contributed by atoms with Gasteiger partial charge in [0.25, 0.3) is 0 Å². The van der Waals surface area contributed by atoms with Gasteiger partial charge in [-0.05, 0) is 31.2 Å². The molecule has 1 aromatic carbocycles. The van der Waals surface area contributed by atoms with Gasteiger partial charge in [-0.15, -0.1) is 11.3 Å². The Bertz CT molecular complexity index is 582. The number of thiazole rings is 1. The van der Waals surface area contributed by atoms with Gasteiger partial charge in [-0.3, -0.25) is 9.69 Å². The number of amides is 1. The number of nitrogens with one attached hydrogen (secondary N) is 1. The van der Waals surface area contributed by atoms with E-state index in [9.17, 15) is 9.18 Å². The van der Waals surface area contributed by atoms with Crippen molar-refractivity contribution in [1.82, 2.24) is 4.98 Å². The minimum absolute atomic E-state index is 0.0140. The molecule has 0 atom stereocenters. The molecule has 1 N–H and O–H groups in total. The number of aromatic nitrogens is 1. The minimum Gasteiger partial charge on any atom is -0.379 e. The summed E-state index contributed by atoms with van der Waals surface area (Å²) >= 11 is 1.44. The van der Waals surface area contributed by atoms with E-state index in [0.29, 0.717) is 18.2 Å². The molecule has 1 amide bonds. The van der Waals surface area contributed by atoms with Gasteiger partial charge < -0.3 is 5.32 Å². The Balaban J connectivity index is 1.99. The lowest BCUT2D eigenvalue weighted by molar-refractivity contribution is -0.116. The fourth-order valence-corrected chi connectivity index (χ4v) is 2.69. The average Bonchev–Trinajstić information content (AvgIpc) is 2.87. The molecule has 0 aliphatic rings. The van der Waals surface area contributed by atoms with Crippen molar-refractivity contribution in [3.8, 4) is 0 Å². The van der Waals surface area contributed by atoms with Crippen LogP contribution >= 0.6 is 11.3 Å². The number of carbonyl (C=O) groups excluding carboxylic acids is 1. The number of benzene rings is 1. The van der Waals surface area contributed by atoms with Gasteiger partial charge in [-0.25, -0.2) is 9.37 Å². The van der Waals surface area contributed by atoms with Gasteiger partial charge in [0.2, 0.25) is 5.91 Å².